The Hall–Kier alpha value is -0.414. The molecule has 0 aromatic heterocycles. The first kappa shape index (κ1) is 23.6. The molecule has 136 valence electrons. The molecule has 0 heterocycles. The summed E-state index contributed by atoms with van der Waals surface area (Å²) in [5.41, 5.74) is 0.407. The van der Waals surface area contributed by atoms with Crippen LogP contribution in [0, 0.1) is 0 Å². The van der Waals surface area contributed by atoms with Crippen molar-refractivity contribution < 1.29 is 74.2 Å². The van der Waals surface area contributed by atoms with Crippen LogP contribution in [0.25, 0.3) is 0 Å². The van der Waals surface area contributed by atoms with Crippen LogP contribution in [0.5, 0.6) is 17.2 Å². The van der Waals surface area contributed by atoms with Crippen molar-refractivity contribution in [2.75, 3.05) is 0 Å². The van der Waals surface area contributed by atoms with Crippen molar-refractivity contribution in [1.29, 1.82) is 0 Å². The van der Waals surface area contributed by atoms with Gasteiger partial charge in [0, 0.05) is 0 Å². The fourth-order valence-electron chi connectivity index (χ4n) is 2.63. The molecule has 2 rings (SSSR count). The number of para-hydroxylation sites is 1. The molecule has 0 atom stereocenters. The molecule has 0 unspecified atom stereocenters. The van der Waals surface area contributed by atoms with Gasteiger partial charge in [-0.05, 0) is 42.7 Å². The number of unbranched alkanes of at least 4 members (excludes halogenated alkanes) is 4. The van der Waals surface area contributed by atoms with Crippen LogP contribution in [0.15, 0.2) is 47.4 Å². The van der Waals surface area contributed by atoms with Gasteiger partial charge in [0.2, 0.25) is 0 Å². The molecule has 1 N–H and O–H groups in total. The molecule has 0 amide bonds. The summed E-state index contributed by atoms with van der Waals surface area (Å²) in [4.78, 5) is -0.326. The molecule has 0 fully saturated rings. The summed E-state index contributed by atoms with van der Waals surface area (Å²) in [7, 11) is -4.45. The molecule has 0 saturated carbocycles. The third-order valence-electron chi connectivity index (χ3n) is 3.93. The van der Waals surface area contributed by atoms with Crippen LogP contribution in [-0.2, 0) is 16.5 Å². The van der Waals surface area contributed by atoms with Crippen molar-refractivity contribution in [3.63, 3.8) is 0 Å². The summed E-state index contributed by atoms with van der Waals surface area (Å²) in [5, 5.41) is 12.2. The van der Waals surface area contributed by atoms with Crippen LogP contribution >= 0.6 is 0 Å². The third kappa shape index (κ3) is 7.30. The largest absolute Gasteiger partial charge is 1.00 e. The van der Waals surface area contributed by atoms with E-state index in [0.717, 1.165) is 38.2 Å². The fourth-order valence-corrected chi connectivity index (χ4v) is 3.38. The molecule has 0 aliphatic carbocycles. The smallest absolute Gasteiger partial charge is 0.870 e. The number of hydrogen-bond donors (Lipinski definition) is 1. The second-order valence-corrected chi connectivity index (χ2v) is 7.35. The monoisotopic (exact) mass is 402 g/mol. The van der Waals surface area contributed by atoms with Gasteiger partial charge in [0.05, 0.1) is 4.90 Å². The summed E-state index contributed by atoms with van der Waals surface area (Å²) >= 11 is 0. The topological polar surface area (TPSA) is 86.7 Å². The van der Waals surface area contributed by atoms with Gasteiger partial charge in [0.15, 0.2) is 0 Å². The molecule has 0 radical (unpaired) electrons. The van der Waals surface area contributed by atoms with Crippen molar-refractivity contribution in [2.24, 2.45) is 0 Å². The average molecular weight is 403 g/mol. The number of aryl methyl sites for hydroxylation is 1. The molecule has 7 heteroatoms. The SMILES string of the molecule is CCCCCCCc1cc(Oc2ccccc2)c([O-])cc1S(=O)(=O)O.[K+]. The summed E-state index contributed by atoms with van der Waals surface area (Å²) < 4.78 is 38.2. The second-order valence-electron chi connectivity index (χ2n) is 5.96. The number of ether oxygens (including phenoxy) is 1. The average Bonchev–Trinajstić information content (AvgIpc) is 2.57. The number of benzene rings is 2. The molecular weight excluding hydrogens is 379 g/mol. The van der Waals surface area contributed by atoms with Gasteiger partial charge in [0.25, 0.3) is 10.1 Å². The van der Waals surface area contributed by atoms with Crippen LogP contribution in [-0.4, -0.2) is 13.0 Å². The van der Waals surface area contributed by atoms with Crippen LogP contribution in [0.1, 0.15) is 44.6 Å². The Morgan fingerprint density at radius 2 is 1.69 bits per heavy atom. The summed E-state index contributed by atoms with van der Waals surface area (Å²) in [6.45, 7) is 2.12. The molecule has 2 aromatic carbocycles. The van der Waals surface area contributed by atoms with E-state index >= 15 is 0 Å². The van der Waals surface area contributed by atoms with E-state index in [9.17, 15) is 18.1 Å². The summed E-state index contributed by atoms with van der Waals surface area (Å²) in [6, 6.07) is 11.2. The Kier molecular flexibility index (Phi) is 10.4. The molecule has 0 spiro atoms. The van der Waals surface area contributed by atoms with E-state index in [2.05, 4.69) is 6.92 Å². The Morgan fingerprint density at radius 1 is 1.04 bits per heavy atom. The van der Waals surface area contributed by atoms with Crippen molar-refractivity contribution in [3.05, 3.63) is 48.0 Å². The number of hydrogen-bond acceptors (Lipinski definition) is 4. The van der Waals surface area contributed by atoms with Crippen molar-refractivity contribution in [1.82, 2.24) is 0 Å². The Bertz CT molecular complexity index is 791. The zero-order chi connectivity index (χ0) is 18.3. The standard InChI is InChI=1S/C19H24O5S.K/c1-2-3-4-5-7-10-15-13-18(24-16-11-8-6-9-12-16)17(20)14-19(15)25(21,22)23;/h6,8-9,11-14,20H,2-5,7,10H2,1H3,(H,21,22,23);/q;+1/p-1. The molecule has 0 bridgehead atoms. The van der Waals surface area contributed by atoms with Crippen molar-refractivity contribution in [2.45, 2.75) is 50.3 Å². The predicted molar refractivity (Wildman–Crippen MR) is 94.7 cm³/mol. The Morgan fingerprint density at radius 3 is 2.31 bits per heavy atom. The first-order chi connectivity index (χ1) is 11.9. The zero-order valence-corrected chi connectivity index (χ0v) is 19.2. The number of rotatable bonds is 9. The van der Waals surface area contributed by atoms with Crippen molar-refractivity contribution >= 4 is 10.1 Å². The minimum Gasteiger partial charge on any atom is -0.870 e. The van der Waals surface area contributed by atoms with Gasteiger partial charge in [-0.15, -0.1) is 0 Å². The van der Waals surface area contributed by atoms with Crippen LogP contribution < -0.4 is 61.2 Å². The van der Waals surface area contributed by atoms with E-state index in [4.69, 9.17) is 4.74 Å². The maximum absolute atomic E-state index is 12.2. The first-order valence-electron chi connectivity index (χ1n) is 8.46. The Balaban J connectivity index is 0.00000338. The van der Waals surface area contributed by atoms with Gasteiger partial charge < -0.3 is 9.84 Å². The van der Waals surface area contributed by atoms with Gasteiger partial charge in [0.1, 0.15) is 11.5 Å². The van der Waals surface area contributed by atoms with Crippen LogP contribution in [0.4, 0.5) is 0 Å². The van der Waals surface area contributed by atoms with Gasteiger partial charge in [-0.3, -0.25) is 4.55 Å². The van der Waals surface area contributed by atoms with Gasteiger partial charge in [-0.1, -0.05) is 56.6 Å². The summed E-state index contributed by atoms with van der Waals surface area (Å²) in [6.07, 6.45) is 5.54. The van der Waals surface area contributed by atoms with Crippen molar-refractivity contribution in [3.8, 4) is 17.2 Å². The molecule has 2 aromatic rings. The van der Waals surface area contributed by atoms with Gasteiger partial charge in [-0.2, -0.15) is 8.42 Å². The maximum atomic E-state index is 12.2. The quantitative estimate of drug-likeness (QED) is 0.388. The fraction of sp³-hybridized carbons (Fsp3) is 0.368. The molecule has 0 aliphatic heterocycles. The van der Waals surface area contributed by atoms with Gasteiger partial charge >= 0.3 is 51.4 Å². The van der Waals surface area contributed by atoms with E-state index in [-0.39, 0.29) is 62.0 Å². The molecule has 0 saturated heterocycles. The molecule has 0 aliphatic rings. The third-order valence-corrected chi connectivity index (χ3v) is 4.86. The minimum atomic E-state index is -4.45. The summed E-state index contributed by atoms with van der Waals surface area (Å²) in [5.74, 6) is -0.0264. The van der Waals surface area contributed by atoms with E-state index in [1.165, 1.54) is 6.07 Å². The second kappa shape index (κ2) is 11.4. The zero-order valence-electron chi connectivity index (χ0n) is 15.3. The van der Waals surface area contributed by atoms with Crippen LogP contribution in [0.2, 0.25) is 0 Å². The molecule has 5 nitrogen and oxygen atoms in total. The minimum absolute atomic E-state index is 0. The van der Waals surface area contributed by atoms with E-state index in [0.29, 0.717) is 17.7 Å². The van der Waals surface area contributed by atoms with Crippen LogP contribution in [0.3, 0.4) is 0 Å². The van der Waals surface area contributed by atoms with Gasteiger partial charge in [-0.25, -0.2) is 0 Å². The Labute approximate surface area is 198 Å². The van der Waals surface area contributed by atoms with E-state index < -0.39 is 15.9 Å². The first-order valence-corrected chi connectivity index (χ1v) is 9.90. The predicted octanol–water partition coefficient (Wildman–Crippen LogP) is 1.32. The molecule has 26 heavy (non-hydrogen) atoms. The van der Waals surface area contributed by atoms with E-state index in [1.54, 1.807) is 24.3 Å². The van der Waals surface area contributed by atoms with E-state index in [1.807, 2.05) is 6.07 Å². The normalized spacial score (nSPS) is 11.0. The molecular formula is C19H23KO5S. The maximum Gasteiger partial charge on any atom is 1.00 e.